The molecule has 15 heavy (non-hydrogen) atoms. The van der Waals surface area contributed by atoms with Crippen molar-refractivity contribution in [3.05, 3.63) is 29.8 Å². The van der Waals surface area contributed by atoms with Crippen LogP contribution in [0, 0.1) is 0 Å². The minimum Gasteiger partial charge on any atom is -0.508 e. The molecule has 0 atom stereocenters. The summed E-state index contributed by atoms with van der Waals surface area (Å²) >= 11 is 0. The lowest BCUT2D eigenvalue weighted by molar-refractivity contribution is -0.130. The number of rotatable bonds is 4. The van der Waals surface area contributed by atoms with E-state index in [0.717, 1.165) is 5.56 Å². The average Bonchev–Trinajstić information content (AvgIpc) is 2.21. The second-order valence-corrected chi connectivity index (χ2v) is 3.42. The Balaban J connectivity index is 2.62. The van der Waals surface area contributed by atoms with E-state index in [2.05, 4.69) is 0 Å². The maximum Gasteiger partial charge on any atom is 0.223 e. The van der Waals surface area contributed by atoms with Crippen molar-refractivity contribution in [2.24, 2.45) is 5.73 Å². The fourth-order valence-corrected chi connectivity index (χ4v) is 1.30. The van der Waals surface area contributed by atoms with E-state index in [1.807, 2.05) is 6.07 Å². The van der Waals surface area contributed by atoms with Crippen LogP contribution in [-0.2, 0) is 11.3 Å². The molecular weight excluding hydrogens is 192 g/mol. The molecule has 0 radical (unpaired) electrons. The summed E-state index contributed by atoms with van der Waals surface area (Å²) < 4.78 is 0. The predicted molar refractivity (Wildman–Crippen MR) is 58.3 cm³/mol. The van der Waals surface area contributed by atoms with Crippen molar-refractivity contribution in [2.45, 2.75) is 13.0 Å². The third-order valence-corrected chi connectivity index (χ3v) is 2.18. The fourth-order valence-electron chi connectivity index (χ4n) is 1.30. The molecule has 0 aromatic heterocycles. The minimum absolute atomic E-state index is 0.0132. The predicted octanol–water partition coefficient (Wildman–Crippen LogP) is 0.699. The van der Waals surface area contributed by atoms with Crippen LogP contribution in [0.1, 0.15) is 12.0 Å². The molecular formula is C11H16N2O2. The van der Waals surface area contributed by atoms with Gasteiger partial charge in [0.15, 0.2) is 0 Å². The summed E-state index contributed by atoms with van der Waals surface area (Å²) in [4.78, 5) is 13.0. The van der Waals surface area contributed by atoms with E-state index in [-0.39, 0.29) is 11.7 Å². The van der Waals surface area contributed by atoms with Crippen molar-refractivity contribution in [1.82, 2.24) is 4.90 Å². The van der Waals surface area contributed by atoms with Gasteiger partial charge in [-0.25, -0.2) is 0 Å². The number of hydrogen-bond donors (Lipinski definition) is 2. The van der Waals surface area contributed by atoms with Gasteiger partial charge in [-0.05, 0) is 6.07 Å². The van der Waals surface area contributed by atoms with Crippen LogP contribution in [0.2, 0.25) is 0 Å². The van der Waals surface area contributed by atoms with Gasteiger partial charge in [0.25, 0.3) is 0 Å². The molecule has 0 spiro atoms. The molecule has 4 nitrogen and oxygen atoms in total. The highest BCUT2D eigenvalue weighted by molar-refractivity contribution is 5.76. The highest BCUT2D eigenvalue weighted by atomic mass is 16.3. The highest BCUT2D eigenvalue weighted by Crippen LogP contribution is 2.17. The van der Waals surface area contributed by atoms with Gasteiger partial charge in [0.05, 0.1) is 0 Å². The first kappa shape index (κ1) is 11.5. The standard InChI is InChI=1S/C11H16N2O2/c1-13(11(15)6-7-12)8-9-4-2-3-5-10(9)14/h2-5,14H,6-8,12H2,1H3. The lowest BCUT2D eigenvalue weighted by Crippen LogP contribution is -2.27. The summed E-state index contributed by atoms with van der Waals surface area (Å²) in [5, 5.41) is 9.51. The average molecular weight is 208 g/mol. The van der Waals surface area contributed by atoms with Crippen molar-refractivity contribution in [1.29, 1.82) is 0 Å². The quantitative estimate of drug-likeness (QED) is 0.765. The summed E-state index contributed by atoms with van der Waals surface area (Å²) in [6.45, 7) is 0.759. The molecule has 0 heterocycles. The van der Waals surface area contributed by atoms with E-state index in [0.29, 0.717) is 19.5 Å². The SMILES string of the molecule is CN(Cc1ccccc1O)C(=O)CCN. The van der Waals surface area contributed by atoms with Crippen molar-refractivity contribution in [3.8, 4) is 5.75 Å². The topological polar surface area (TPSA) is 66.6 Å². The zero-order chi connectivity index (χ0) is 11.3. The van der Waals surface area contributed by atoms with Gasteiger partial charge in [-0.1, -0.05) is 18.2 Å². The van der Waals surface area contributed by atoms with Gasteiger partial charge >= 0.3 is 0 Å². The van der Waals surface area contributed by atoms with Gasteiger partial charge in [-0.15, -0.1) is 0 Å². The number of carbonyl (C=O) groups excluding carboxylic acids is 1. The van der Waals surface area contributed by atoms with Crippen LogP contribution in [-0.4, -0.2) is 29.5 Å². The second-order valence-electron chi connectivity index (χ2n) is 3.42. The number of nitrogens with zero attached hydrogens (tertiary/aromatic N) is 1. The van der Waals surface area contributed by atoms with Crippen LogP contribution in [0.25, 0.3) is 0 Å². The molecule has 0 saturated carbocycles. The number of para-hydroxylation sites is 1. The Morgan fingerprint density at radius 1 is 1.47 bits per heavy atom. The zero-order valence-electron chi connectivity index (χ0n) is 8.81. The smallest absolute Gasteiger partial charge is 0.223 e. The van der Waals surface area contributed by atoms with Crippen LogP contribution in [0.3, 0.4) is 0 Å². The van der Waals surface area contributed by atoms with Gasteiger partial charge in [0, 0.05) is 32.1 Å². The number of phenolic OH excluding ortho intramolecular Hbond substituents is 1. The highest BCUT2D eigenvalue weighted by Gasteiger charge is 2.09. The maximum absolute atomic E-state index is 11.4. The van der Waals surface area contributed by atoms with Crippen molar-refractivity contribution < 1.29 is 9.90 Å². The molecule has 0 saturated heterocycles. The maximum atomic E-state index is 11.4. The van der Waals surface area contributed by atoms with E-state index in [1.165, 1.54) is 0 Å². The lowest BCUT2D eigenvalue weighted by atomic mass is 10.2. The van der Waals surface area contributed by atoms with Crippen LogP contribution in [0.5, 0.6) is 5.75 Å². The van der Waals surface area contributed by atoms with Crippen LogP contribution >= 0.6 is 0 Å². The molecule has 0 bridgehead atoms. The van der Waals surface area contributed by atoms with Crippen molar-refractivity contribution in [2.75, 3.05) is 13.6 Å². The molecule has 0 unspecified atom stereocenters. The number of phenols is 1. The zero-order valence-corrected chi connectivity index (χ0v) is 8.81. The number of amides is 1. The number of nitrogens with two attached hydrogens (primary N) is 1. The lowest BCUT2D eigenvalue weighted by Gasteiger charge is -2.17. The number of aromatic hydroxyl groups is 1. The Morgan fingerprint density at radius 2 is 2.13 bits per heavy atom. The first-order chi connectivity index (χ1) is 7.15. The van der Waals surface area contributed by atoms with E-state index in [9.17, 15) is 9.90 Å². The van der Waals surface area contributed by atoms with E-state index in [4.69, 9.17) is 5.73 Å². The summed E-state index contributed by atoms with van der Waals surface area (Å²) in [5.41, 5.74) is 6.03. The molecule has 82 valence electrons. The monoisotopic (exact) mass is 208 g/mol. The van der Waals surface area contributed by atoms with Crippen LogP contribution in [0.15, 0.2) is 24.3 Å². The Morgan fingerprint density at radius 3 is 2.73 bits per heavy atom. The fraction of sp³-hybridized carbons (Fsp3) is 0.364. The normalized spacial score (nSPS) is 10.0. The second kappa shape index (κ2) is 5.36. The molecule has 3 N–H and O–H groups in total. The number of benzene rings is 1. The van der Waals surface area contributed by atoms with E-state index < -0.39 is 0 Å². The number of carbonyl (C=O) groups is 1. The molecule has 1 amide bonds. The molecule has 0 aliphatic rings. The minimum atomic E-state index is -0.0132. The van der Waals surface area contributed by atoms with E-state index >= 15 is 0 Å². The Kier molecular flexibility index (Phi) is 4.12. The van der Waals surface area contributed by atoms with Gasteiger partial charge < -0.3 is 15.7 Å². The number of hydrogen-bond acceptors (Lipinski definition) is 3. The van der Waals surface area contributed by atoms with Gasteiger partial charge in [0.2, 0.25) is 5.91 Å². The van der Waals surface area contributed by atoms with Crippen molar-refractivity contribution >= 4 is 5.91 Å². The molecule has 0 fully saturated rings. The summed E-state index contributed by atoms with van der Waals surface area (Å²) in [7, 11) is 1.70. The Labute approximate surface area is 89.3 Å². The first-order valence-corrected chi connectivity index (χ1v) is 4.86. The molecule has 0 aliphatic carbocycles. The Bertz CT molecular complexity index is 339. The first-order valence-electron chi connectivity index (χ1n) is 4.86. The molecule has 1 rings (SSSR count). The van der Waals surface area contributed by atoms with Crippen LogP contribution in [0.4, 0.5) is 0 Å². The summed E-state index contributed by atoms with van der Waals surface area (Å²) in [6.07, 6.45) is 0.337. The Hall–Kier alpha value is -1.55. The molecule has 1 aromatic carbocycles. The van der Waals surface area contributed by atoms with Gasteiger partial charge in [0.1, 0.15) is 5.75 Å². The molecule has 1 aromatic rings. The third-order valence-electron chi connectivity index (χ3n) is 2.18. The molecule has 0 aliphatic heterocycles. The summed E-state index contributed by atoms with van der Waals surface area (Å²) in [6, 6.07) is 6.98. The van der Waals surface area contributed by atoms with Crippen molar-refractivity contribution in [3.63, 3.8) is 0 Å². The van der Waals surface area contributed by atoms with Gasteiger partial charge in [-0.3, -0.25) is 4.79 Å². The van der Waals surface area contributed by atoms with E-state index in [1.54, 1.807) is 30.1 Å². The third kappa shape index (κ3) is 3.25. The van der Waals surface area contributed by atoms with Gasteiger partial charge in [-0.2, -0.15) is 0 Å². The summed E-state index contributed by atoms with van der Waals surface area (Å²) in [5.74, 6) is 0.200. The largest absolute Gasteiger partial charge is 0.508 e. The molecule has 4 heteroatoms. The van der Waals surface area contributed by atoms with Crippen LogP contribution < -0.4 is 5.73 Å².